The molecule has 0 spiro atoms. The Labute approximate surface area is 177 Å². The lowest BCUT2D eigenvalue weighted by molar-refractivity contribution is -0.139. The monoisotopic (exact) mass is 424 g/mol. The van der Waals surface area contributed by atoms with E-state index < -0.39 is 17.6 Å². The highest BCUT2D eigenvalue weighted by Gasteiger charge is 2.13. The summed E-state index contributed by atoms with van der Waals surface area (Å²) in [5, 5.41) is 0.558. The first-order chi connectivity index (χ1) is 14.9. The third-order valence-electron chi connectivity index (χ3n) is 4.24. The number of esters is 2. The van der Waals surface area contributed by atoms with Crippen LogP contribution in [-0.4, -0.2) is 26.2 Å². The number of hydrogen-bond acceptors (Lipinski definition) is 8. The fourth-order valence-electron chi connectivity index (χ4n) is 2.88. The first kappa shape index (κ1) is 21.6. The van der Waals surface area contributed by atoms with Crippen molar-refractivity contribution in [2.24, 2.45) is 0 Å². The standard InChI is InChI=1S/C23H20O8/c1-14(24)30-17-6-4-5-15(9-17)7-8-22(25)29-13-16-10-23(26)31-19-12-21(28-3)20(27-2)11-18(16)19/h4-12H,13H2,1-3H3. The molecule has 0 aliphatic heterocycles. The molecule has 0 aliphatic carbocycles. The maximum atomic E-state index is 12.2. The Morgan fingerprint density at radius 3 is 2.48 bits per heavy atom. The molecule has 3 aromatic rings. The third-order valence-corrected chi connectivity index (χ3v) is 4.24. The van der Waals surface area contributed by atoms with E-state index in [9.17, 15) is 14.4 Å². The topological polar surface area (TPSA) is 101 Å². The fraction of sp³-hybridized carbons (Fsp3) is 0.174. The Morgan fingerprint density at radius 2 is 1.77 bits per heavy atom. The zero-order valence-corrected chi connectivity index (χ0v) is 17.2. The van der Waals surface area contributed by atoms with Crippen LogP contribution in [0.2, 0.25) is 0 Å². The van der Waals surface area contributed by atoms with Crippen LogP contribution in [0.3, 0.4) is 0 Å². The van der Waals surface area contributed by atoms with Crippen molar-refractivity contribution in [2.75, 3.05) is 14.2 Å². The second-order valence-electron chi connectivity index (χ2n) is 6.40. The van der Waals surface area contributed by atoms with Crippen molar-refractivity contribution < 1.29 is 33.0 Å². The molecule has 1 aromatic heterocycles. The summed E-state index contributed by atoms with van der Waals surface area (Å²) in [5.74, 6) is 0.180. The quantitative estimate of drug-likeness (QED) is 0.246. The normalized spacial score (nSPS) is 10.8. The highest BCUT2D eigenvalue weighted by Crippen LogP contribution is 2.33. The van der Waals surface area contributed by atoms with Gasteiger partial charge in [-0.3, -0.25) is 4.79 Å². The molecular weight excluding hydrogens is 404 g/mol. The number of rotatable bonds is 7. The molecule has 0 N–H and O–H groups in total. The minimum absolute atomic E-state index is 0.145. The zero-order valence-electron chi connectivity index (χ0n) is 17.2. The summed E-state index contributed by atoms with van der Waals surface area (Å²) in [7, 11) is 2.96. The van der Waals surface area contributed by atoms with Gasteiger partial charge in [-0.15, -0.1) is 0 Å². The smallest absolute Gasteiger partial charge is 0.336 e. The van der Waals surface area contributed by atoms with Gasteiger partial charge in [0.2, 0.25) is 0 Å². The molecule has 0 amide bonds. The lowest BCUT2D eigenvalue weighted by atomic mass is 10.1. The van der Waals surface area contributed by atoms with E-state index in [1.165, 1.54) is 45.4 Å². The zero-order chi connectivity index (χ0) is 22.4. The molecule has 0 saturated carbocycles. The Morgan fingerprint density at radius 1 is 1.03 bits per heavy atom. The summed E-state index contributed by atoms with van der Waals surface area (Å²) in [4.78, 5) is 35.1. The molecular formula is C23H20O8. The van der Waals surface area contributed by atoms with E-state index in [1.807, 2.05) is 0 Å². The van der Waals surface area contributed by atoms with Gasteiger partial charge in [0.1, 0.15) is 17.9 Å². The molecule has 8 heteroatoms. The molecule has 8 nitrogen and oxygen atoms in total. The predicted molar refractivity (Wildman–Crippen MR) is 112 cm³/mol. The first-order valence-corrected chi connectivity index (χ1v) is 9.21. The Hall–Kier alpha value is -4.07. The fourth-order valence-corrected chi connectivity index (χ4v) is 2.88. The molecule has 0 fully saturated rings. The maximum Gasteiger partial charge on any atom is 0.336 e. The molecule has 0 saturated heterocycles. The first-order valence-electron chi connectivity index (χ1n) is 9.21. The van der Waals surface area contributed by atoms with Gasteiger partial charge in [-0.2, -0.15) is 0 Å². The molecule has 3 rings (SSSR count). The maximum absolute atomic E-state index is 12.2. The predicted octanol–water partition coefficient (Wildman–Crippen LogP) is 3.49. The molecule has 2 aromatic carbocycles. The SMILES string of the molecule is COc1cc2oc(=O)cc(COC(=O)C=Cc3cccc(OC(C)=O)c3)c2cc1OC. The number of methoxy groups -OCH3 is 2. The molecule has 0 atom stereocenters. The van der Waals surface area contributed by atoms with Gasteiger partial charge >= 0.3 is 17.6 Å². The number of ether oxygens (including phenoxy) is 4. The van der Waals surface area contributed by atoms with Gasteiger partial charge in [0.25, 0.3) is 0 Å². The summed E-state index contributed by atoms with van der Waals surface area (Å²) in [5.41, 5.74) is 0.821. The number of carbonyl (C=O) groups excluding carboxylic acids is 2. The van der Waals surface area contributed by atoms with E-state index >= 15 is 0 Å². The lowest BCUT2D eigenvalue weighted by Crippen LogP contribution is -2.06. The molecule has 0 aliphatic rings. The molecule has 31 heavy (non-hydrogen) atoms. The van der Waals surface area contributed by atoms with Crippen LogP contribution in [0.5, 0.6) is 17.2 Å². The van der Waals surface area contributed by atoms with Crippen LogP contribution in [0.4, 0.5) is 0 Å². The summed E-state index contributed by atoms with van der Waals surface area (Å²) in [6.45, 7) is 1.16. The minimum Gasteiger partial charge on any atom is -0.493 e. The second kappa shape index (κ2) is 9.62. The van der Waals surface area contributed by atoms with Crippen LogP contribution < -0.4 is 19.8 Å². The number of carbonyl (C=O) groups is 2. The van der Waals surface area contributed by atoms with E-state index in [1.54, 1.807) is 30.3 Å². The summed E-state index contributed by atoms with van der Waals surface area (Å²) in [6, 6.07) is 11.1. The molecule has 0 bridgehead atoms. The largest absolute Gasteiger partial charge is 0.493 e. The second-order valence-corrected chi connectivity index (χ2v) is 6.40. The average molecular weight is 424 g/mol. The van der Waals surface area contributed by atoms with Crippen molar-refractivity contribution in [2.45, 2.75) is 13.5 Å². The Kier molecular flexibility index (Phi) is 6.71. The van der Waals surface area contributed by atoms with E-state index in [-0.39, 0.29) is 12.2 Å². The highest BCUT2D eigenvalue weighted by atomic mass is 16.5. The van der Waals surface area contributed by atoms with Crippen LogP contribution in [0.25, 0.3) is 17.0 Å². The molecule has 1 heterocycles. The van der Waals surface area contributed by atoms with Crippen molar-refractivity contribution in [3.8, 4) is 17.2 Å². The van der Waals surface area contributed by atoms with Crippen LogP contribution in [0.1, 0.15) is 18.1 Å². The Bertz CT molecular complexity index is 1210. The summed E-state index contributed by atoms with van der Waals surface area (Å²) >= 11 is 0. The number of benzene rings is 2. The van der Waals surface area contributed by atoms with Crippen LogP contribution in [0.15, 0.2) is 57.8 Å². The minimum atomic E-state index is -0.611. The Balaban J connectivity index is 1.76. The number of fused-ring (bicyclic) bond motifs is 1. The highest BCUT2D eigenvalue weighted by molar-refractivity contribution is 5.88. The van der Waals surface area contributed by atoms with Gasteiger partial charge < -0.3 is 23.4 Å². The van der Waals surface area contributed by atoms with Gasteiger partial charge in [-0.1, -0.05) is 12.1 Å². The molecule has 0 radical (unpaired) electrons. The third kappa shape index (κ3) is 5.51. The average Bonchev–Trinajstić information content (AvgIpc) is 2.74. The summed E-state index contributed by atoms with van der Waals surface area (Å²) in [6.07, 6.45) is 2.77. The van der Waals surface area contributed by atoms with Crippen LogP contribution in [0, 0.1) is 0 Å². The van der Waals surface area contributed by atoms with E-state index in [0.717, 1.165) is 0 Å². The van der Waals surface area contributed by atoms with E-state index in [2.05, 4.69) is 0 Å². The van der Waals surface area contributed by atoms with Crippen molar-refractivity contribution in [1.29, 1.82) is 0 Å². The van der Waals surface area contributed by atoms with Crippen molar-refractivity contribution >= 4 is 29.0 Å². The van der Waals surface area contributed by atoms with E-state index in [0.29, 0.717) is 33.8 Å². The van der Waals surface area contributed by atoms with Crippen molar-refractivity contribution in [1.82, 2.24) is 0 Å². The van der Waals surface area contributed by atoms with Crippen molar-refractivity contribution in [3.63, 3.8) is 0 Å². The summed E-state index contributed by atoms with van der Waals surface area (Å²) < 4.78 is 26.0. The van der Waals surface area contributed by atoms with Crippen LogP contribution >= 0.6 is 0 Å². The van der Waals surface area contributed by atoms with Crippen molar-refractivity contribution in [3.05, 3.63) is 70.1 Å². The van der Waals surface area contributed by atoms with Gasteiger partial charge in [0, 0.05) is 36.1 Å². The lowest BCUT2D eigenvalue weighted by Gasteiger charge is -2.11. The number of hydrogen-bond donors (Lipinski definition) is 0. The van der Waals surface area contributed by atoms with Gasteiger partial charge in [0.15, 0.2) is 11.5 Å². The van der Waals surface area contributed by atoms with Gasteiger partial charge in [-0.25, -0.2) is 9.59 Å². The van der Waals surface area contributed by atoms with E-state index in [4.69, 9.17) is 23.4 Å². The van der Waals surface area contributed by atoms with Gasteiger partial charge in [-0.05, 0) is 29.8 Å². The van der Waals surface area contributed by atoms with Crippen LogP contribution in [-0.2, 0) is 20.9 Å². The molecule has 160 valence electrons. The molecule has 0 unspecified atom stereocenters. The van der Waals surface area contributed by atoms with Gasteiger partial charge in [0.05, 0.1) is 14.2 Å².